The third-order valence-corrected chi connectivity index (χ3v) is 5.04. The zero-order valence-corrected chi connectivity index (χ0v) is 16.1. The van der Waals surface area contributed by atoms with E-state index in [1.54, 1.807) is 7.05 Å². The summed E-state index contributed by atoms with van der Waals surface area (Å²) in [5, 5.41) is 4.02. The number of hydrogen-bond donors (Lipinski definition) is 1. The molecule has 0 saturated carbocycles. The number of amidine groups is 1. The third-order valence-electron chi connectivity index (χ3n) is 4.78. The molecule has 1 N–H and O–H groups in total. The summed E-state index contributed by atoms with van der Waals surface area (Å²) >= 11 is 5.97. The second kappa shape index (κ2) is 7.07. The number of carbonyl (C=O) groups excluding carboxylic acids is 2. The number of hydrogen-bond acceptors (Lipinski definition) is 4. The lowest BCUT2D eigenvalue weighted by Crippen LogP contribution is -2.61. The molecule has 138 valence electrons. The van der Waals surface area contributed by atoms with Crippen LogP contribution in [0.3, 0.4) is 0 Å². The first-order valence-corrected chi connectivity index (χ1v) is 8.99. The van der Waals surface area contributed by atoms with Crippen LogP contribution in [0.1, 0.15) is 25.8 Å². The Morgan fingerprint density at radius 1 is 1.23 bits per heavy atom. The number of aliphatic imine (C=N–C) groups is 1. The highest BCUT2D eigenvalue weighted by Gasteiger charge is 2.51. The van der Waals surface area contributed by atoms with Crippen molar-refractivity contribution in [2.75, 3.05) is 14.1 Å². The number of imide groups is 1. The molecule has 0 spiro atoms. The summed E-state index contributed by atoms with van der Waals surface area (Å²) in [6, 6.07) is 6.68. The van der Waals surface area contributed by atoms with Crippen LogP contribution in [0.2, 0.25) is 5.02 Å². The molecular weight excluding hydrogens is 354 g/mol. The van der Waals surface area contributed by atoms with Crippen LogP contribution >= 0.6 is 11.6 Å². The number of likely N-dealkylation sites (N-methyl/N-ethyl adjacent to an activating group) is 2. The van der Waals surface area contributed by atoms with Crippen molar-refractivity contribution >= 4 is 35.3 Å². The summed E-state index contributed by atoms with van der Waals surface area (Å²) in [5.41, 5.74) is 1.00. The topological polar surface area (TPSA) is 68.0 Å². The zero-order chi connectivity index (χ0) is 19.0. The van der Waals surface area contributed by atoms with Crippen LogP contribution in [-0.2, 0) is 11.3 Å². The smallest absolute Gasteiger partial charge is 0.272 e. The van der Waals surface area contributed by atoms with Gasteiger partial charge < -0.3 is 0 Å². The predicted molar refractivity (Wildman–Crippen MR) is 100 cm³/mol. The first-order valence-electron chi connectivity index (χ1n) is 8.61. The van der Waals surface area contributed by atoms with E-state index in [0.717, 1.165) is 16.9 Å². The third kappa shape index (κ3) is 3.19. The van der Waals surface area contributed by atoms with Gasteiger partial charge in [-0.1, -0.05) is 35.6 Å². The number of halogens is 1. The maximum Gasteiger partial charge on any atom is 0.390 e. The minimum Gasteiger partial charge on any atom is -0.272 e. The molecule has 1 aromatic carbocycles. The summed E-state index contributed by atoms with van der Waals surface area (Å²) in [5.74, 6) is 0.789. The molecule has 1 fully saturated rings. The Morgan fingerprint density at radius 2 is 1.88 bits per heavy atom. The van der Waals surface area contributed by atoms with Crippen molar-refractivity contribution in [3.63, 3.8) is 0 Å². The second-order valence-electron chi connectivity index (χ2n) is 6.64. The van der Waals surface area contributed by atoms with Crippen molar-refractivity contribution in [1.82, 2.24) is 15.1 Å². The van der Waals surface area contributed by atoms with Crippen LogP contribution < -0.4 is 5.32 Å². The molecule has 3 rings (SSSR count). The molecule has 2 aliphatic heterocycles. The van der Waals surface area contributed by atoms with Crippen LogP contribution in [0.4, 0.5) is 4.79 Å². The highest BCUT2D eigenvalue weighted by atomic mass is 35.5. The minimum absolute atomic E-state index is 0.191. The van der Waals surface area contributed by atoms with Gasteiger partial charge in [0, 0.05) is 19.1 Å². The van der Waals surface area contributed by atoms with Crippen molar-refractivity contribution in [1.29, 1.82) is 0 Å². The molecule has 2 aliphatic rings. The molecule has 2 heterocycles. The highest BCUT2D eigenvalue weighted by Crippen LogP contribution is 2.21. The summed E-state index contributed by atoms with van der Waals surface area (Å²) in [7, 11) is 3.14. The van der Waals surface area contributed by atoms with Crippen molar-refractivity contribution in [2.45, 2.75) is 38.9 Å². The number of amides is 3. The van der Waals surface area contributed by atoms with E-state index in [4.69, 9.17) is 11.6 Å². The van der Waals surface area contributed by atoms with Gasteiger partial charge in [-0.05, 0) is 31.0 Å². The van der Waals surface area contributed by atoms with Crippen LogP contribution in [0, 0.1) is 0 Å². The molecule has 3 amide bonds. The molecule has 2 atom stereocenters. The van der Waals surface area contributed by atoms with Crippen molar-refractivity contribution in [3.05, 3.63) is 34.9 Å². The second-order valence-corrected chi connectivity index (χ2v) is 7.08. The molecular formula is C18H23ClN5O2+. The van der Waals surface area contributed by atoms with E-state index in [2.05, 4.69) is 24.2 Å². The van der Waals surface area contributed by atoms with E-state index >= 15 is 0 Å². The molecule has 1 aromatic rings. The maximum absolute atomic E-state index is 12.8. The van der Waals surface area contributed by atoms with Gasteiger partial charge in [-0.15, -0.1) is 0 Å². The fraction of sp³-hybridized carbons (Fsp3) is 0.444. The van der Waals surface area contributed by atoms with Gasteiger partial charge in [0.2, 0.25) is 11.9 Å². The first-order chi connectivity index (χ1) is 12.3. The summed E-state index contributed by atoms with van der Waals surface area (Å²) < 4.78 is 1.91. The van der Waals surface area contributed by atoms with Crippen LogP contribution in [-0.4, -0.2) is 64.3 Å². The molecule has 0 radical (unpaired) electrons. The van der Waals surface area contributed by atoms with E-state index in [1.807, 2.05) is 28.8 Å². The Kier molecular flexibility index (Phi) is 5.00. The average molecular weight is 377 g/mol. The van der Waals surface area contributed by atoms with Crippen molar-refractivity contribution in [2.24, 2.45) is 4.99 Å². The van der Waals surface area contributed by atoms with Crippen LogP contribution in [0.5, 0.6) is 0 Å². The highest BCUT2D eigenvalue weighted by molar-refractivity contribution is 6.30. The molecule has 26 heavy (non-hydrogen) atoms. The van der Waals surface area contributed by atoms with Crippen molar-refractivity contribution < 1.29 is 14.2 Å². The average Bonchev–Trinajstić information content (AvgIpc) is 2.98. The van der Waals surface area contributed by atoms with Gasteiger partial charge in [-0.3, -0.25) is 19.9 Å². The van der Waals surface area contributed by atoms with Gasteiger partial charge in [0.25, 0.3) is 5.91 Å². The Bertz CT molecular complexity index is 802. The van der Waals surface area contributed by atoms with Crippen LogP contribution in [0.25, 0.3) is 0 Å². The lowest BCUT2D eigenvalue weighted by molar-refractivity contribution is -0.553. The van der Waals surface area contributed by atoms with E-state index in [1.165, 1.54) is 11.9 Å². The molecule has 8 heteroatoms. The number of urea groups is 1. The Balaban J connectivity index is 2.00. The minimum atomic E-state index is -0.620. The number of carbonyl (C=O) groups is 2. The number of guanidine groups is 1. The van der Waals surface area contributed by atoms with E-state index < -0.39 is 6.04 Å². The zero-order valence-electron chi connectivity index (χ0n) is 15.4. The number of nitrogens with zero attached hydrogens (tertiary/aromatic N) is 4. The molecule has 0 bridgehead atoms. The molecule has 1 saturated heterocycles. The molecule has 0 aliphatic carbocycles. The number of fused-ring (bicyclic) bond motifs is 1. The Morgan fingerprint density at radius 3 is 2.50 bits per heavy atom. The maximum atomic E-state index is 12.8. The summed E-state index contributed by atoms with van der Waals surface area (Å²) in [4.78, 5) is 32.2. The van der Waals surface area contributed by atoms with Crippen LogP contribution in [0.15, 0.2) is 29.3 Å². The van der Waals surface area contributed by atoms with Gasteiger partial charge in [0.05, 0.1) is 12.6 Å². The fourth-order valence-corrected chi connectivity index (χ4v) is 3.11. The van der Waals surface area contributed by atoms with Gasteiger partial charge in [0.1, 0.15) is 0 Å². The lowest BCUT2D eigenvalue weighted by Gasteiger charge is -2.31. The van der Waals surface area contributed by atoms with E-state index in [-0.39, 0.29) is 18.0 Å². The molecule has 0 aromatic heterocycles. The summed E-state index contributed by atoms with van der Waals surface area (Å²) in [6.45, 7) is 4.61. The summed E-state index contributed by atoms with van der Waals surface area (Å²) in [6.07, 6.45) is 0.913. The number of benzene rings is 1. The van der Waals surface area contributed by atoms with E-state index in [9.17, 15) is 9.59 Å². The van der Waals surface area contributed by atoms with Crippen molar-refractivity contribution in [3.8, 4) is 0 Å². The quantitative estimate of drug-likeness (QED) is 0.816. The fourth-order valence-electron chi connectivity index (χ4n) is 2.99. The Labute approximate surface area is 157 Å². The van der Waals surface area contributed by atoms with Gasteiger partial charge in [-0.25, -0.2) is 9.37 Å². The number of rotatable bonds is 4. The Hall–Kier alpha value is -2.41. The van der Waals surface area contributed by atoms with Gasteiger partial charge in [-0.2, -0.15) is 0 Å². The lowest BCUT2D eigenvalue weighted by atomic mass is 10.1. The largest absolute Gasteiger partial charge is 0.390 e. The molecule has 7 nitrogen and oxygen atoms in total. The first kappa shape index (κ1) is 18.4. The molecule has 2 unspecified atom stereocenters. The van der Waals surface area contributed by atoms with Gasteiger partial charge >= 0.3 is 12.0 Å². The standard InChI is InChI=1S/C18H22ClN5O2/c1-5-11(2)20-17-21-15-14(16(25)23(4)18(26)22(15)3)24(17)10-12-6-8-13(19)9-7-12/h6-9,11,14H,5,10H2,1-4H3/p+1. The SMILES string of the molecule is CCC(C)NC1=[N+](Cc2ccc(Cl)cc2)C2C(=O)N(C)C(=O)N(C)C2=N1. The van der Waals surface area contributed by atoms with Gasteiger partial charge in [0.15, 0.2) is 0 Å². The van der Waals surface area contributed by atoms with E-state index in [0.29, 0.717) is 23.4 Å². The predicted octanol–water partition coefficient (Wildman–Crippen LogP) is 1.90. The monoisotopic (exact) mass is 376 g/mol. The number of nitrogens with one attached hydrogen (secondary N) is 1. The normalized spacial score (nSPS) is 21.1.